The highest BCUT2D eigenvalue weighted by atomic mass is 32.2. The van der Waals surface area contributed by atoms with Gasteiger partial charge in [0.15, 0.2) is 5.16 Å². The number of nitriles is 1. The first-order valence-corrected chi connectivity index (χ1v) is 9.81. The Kier molecular flexibility index (Phi) is 7.75. The first kappa shape index (κ1) is 22.4. The second-order valence-corrected chi connectivity index (χ2v) is 7.34. The number of hydrogen-bond acceptors (Lipinski definition) is 8. The van der Waals surface area contributed by atoms with Crippen LogP contribution in [0.4, 0.5) is 0 Å². The molecule has 1 aromatic carbocycles. The van der Waals surface area contributed by atoms with Gasteiger partial charge in [0.1, 0.15) is 0 Å². The number of ether oxygens (including phenoxy) is 1. The van der Waals surface area contributed by atoms with E-state index in [1.807, 2.05) is 6.07 Å². The number of aliphatic hydroxyl groups excluding tert-OH is 1. The van der Waals surface area contributed by atoms with Gasteiger partial charge in [-0.1, -0.05) is 11.8 Å². The van der Waals surface area contributed by atoms with Crippen molar-refractivity contribution in [1.82, 2.24) is 14.5 Å². The summed E-state index contributed by atoms with van der Waals surface area (Å²) in [6.07, 6.45) is -0.570. The lowest BCUT2D eigenvalue weighted by molar-refractivity contribution is -0.127. The van der Waals surface area contributed by atoms with E-state index in [-0.39, 0.29) is 40.9 Å². The molecule has 1 N–H and O–H groups in total. The molecule has 1 unspecified atom stereocenters. The largest absolute Gasteiger partial charge is 0.465 e. The minimum Gasteiger partial charge on any atom is -0.465 e. The van der Waals surface area contributed by atoms with Gasteiger partial charge in [-0.2, -0.15) is 5.26 Å². The van der Waals surface area contributed by atoms with E-state index in [2.05, 4.69) is 4.98 Å². The van der Waals surface area contributed by atoms with Crippen LogP contribution >= 0.6 is 11.8 Å². The zero-order valence-corrected chi connectivity index (χ0v) is 17.2. The molecule has 9 nitrogen and oxygen atoms in total. The summed E-state index contributed by atoms with van der Waals surface area (Å²) >= 11 is 1.06. The van der Waals surface area contributed by atoms with Crippen LogP contribution in [0.1, 0.15) is 23.7 Å². The normalized spacial score (nSPS) is 11.7. The molecule has 10 heteroatoms. The van der Waals surface area contributed by atoms with E-state index < -0.39 is 12.1 Å². The van der Waals surface area contributed by atoms with Gasteiger partial charge in [0.25, 0.3) is 5.56 Å². The van der Waals surface area contributed by atoms with Gasteiger partial charge >= 0.3 is 5.97 Å². The fourth-order valence-electron chi connectivity index (χ4n) is 2.56. The van der Waals surface area contributed by atoms with Crippen LogP contribution in [0.3, 0.4) is 0 Å². The lowest BCUT2D eigenvalue weighted by atomic mass is 10.1. The van der Waals surface area contributed by atoms with E-state index in [1.54, 1.807) is 14.0 Å². The number of carbonyl (C=O) groups is 2. The number of rotatable bonds is 8. The van der Waals surface area contributed by atoms with Crippen molar-refractivity contribution in [3.05, 3.63) is 34.1 Å². The van der Waals surface area contributed by atoms with E-state index in [0.29, 0.717) is 17.4 Å². The molecule has 1 heterocycles. The summed E-state index contributed by atoms with van der Waals surface area (Å²) in [7, 11) is 2.86. The van der Waals surface area contributed by atoms with E-state index in [4.69, 9.17) is 10.00 Å². The van der Waals surface area contributed by atoms with Crippen molar-refractivity contribution in [2.75, 3.05) is 26.5 Å². The standard InChI is InChI=1S/C19H22N4O5S/c1-12(24)10-23-17(26)14-6-5-13(18(27)28-3)9-15(14)21-19(23)29-11-16(25)22(2)8-4-7-20/h5-6,9,12,24H,4,8,10-11H2,1-3H3. The Morgan fingerprint density at radius 3 is 2.79 bits per heavy atom. The zero-order chi connectivity index (χ0) is 21.6. The summed E-state index contributed by atoms with van der Waals surface area (Å²) in [4.78, 5) is 42.8. The number of carbonyl (C=O) groups excluding carboxylic acids is 2. The average molecular weight is 418 g/mol. The van der Waals surface area contributed by atoms with Crippen LogP contribution in [0.2, 0.25) is 0 Å². The third-order valence-electron chi connectivity index (χ3n) is 4.10. The van der Waals surface area contributed by atoms with Crippen molar-refractivity contribution in [2.45, 2.75) is 31.1 Å². The van der Waals surface area contributed by atoms with Crippen LogP contribution in [0.25, 0.3) is 10.9 Å². The predicted octanol–water partition coefficient (Wildman–Crippen LogP) is 1.03. The number of esters is 1. The van der Waals surface area contributed by atoms with Gasteiger partial charge in [-0.3, -0.25) is 14.2 Å². The van der Waals surface area contributed by atoms with Gasteiger partial charge in [0.2, 0.25) is 5.91 Å². The van der Waals surface area contributed by atoms with Gasteiger partial charge in [-0.05, 0) is 25.1 Å². The number of fused-ring (bicyclic) bond motifs is 1. The lowest BCUT2D eigenvalue weighted by Crippen LogP contribution is -2.31. The summed E-state index contributed by atoms with van der Waals surface area (Å²) in [6.45, 7) is 1.87. The number of aromatic nitrogens is 2. The van der Waals surface area contributed by atoms with Gasteiger partial charge in [-0.15, -0.1) is 0 Å². The summed E-state index contributed by atoms with van der Waals surface area (Å²) in [5.41, 5.74) is 0.177. The van der Waals surface area contributed by atoms with Crippen LogP contribution in [0.5, 0.6) is 0 Å². The van der Waals surface area contributed by atoms with Gasteiger partial charge in [0, 0.05) is 13.6 Å². The third kappa shape index (κ3) is 5.56. The van der Waals surface area contributed by atoms with Gasteiger partial charge in [-0.25, -0.2) is 9.78 Å². The minimum absolute atomic E-state index is 0.0103. The number of methoxy groups -OCH3 is 1. The topological polar surface area (TPSA) is 126 Å². The van der Waals surface area contributed by atoms with Crippen molar-refractivity contribution in [3.63, 3.8) is 0 Å². The molecule has 1 atom stereocenters. The summed E-state index contributed by atoms with van der Waals surface area (Å²) in [5.74, 6) is -0.756. The molecule has 1 amide bonds. The van der Waals surface area contributed by atoms with Crippen molar-refractivity contribution in [3.8, 4) is 6.07 Å². The van der Waals surface area contributed by atoms with E-state index in [9.17, 15) is 19.5 Å². The highest BCUT2D eigenvalue weighted by molar-refractivity contribution is 7.99. The third-order valence-corrected chi connectivity index (χ3v) is 5.06. The number of benzene rings is 1. The maximum absolute atomic E-state index is 12.9. The molecule has 0 fully saturated rings. The maximum atomic E-state index is 12.9. The number of hydrogen-bond donors (Lipinski definition) is 1. The van der Waals surface area contributed by atoms with Crippen LogP contribution in [-0.2, 0) is 16.1 Å². The van der Waals surface area contributed by atoms with Crippen LogP contribution < -0.4 is 5.56 Å². The summed E-state index contributed by atoms with van der Waals surface area (Å²) in [5, 5.41) is 19.0. The molecule has 29 heavy (non-hydrogen) atoms. The molecule has 0 aliphatic rings. The molecule has 0 spiro atoms. The minimum atomic E-state index is -0.797. The fourth-order valence-corrected chi connectivity index (χ4v) is 3.51. The van der Waals surface area contributed by atoms with Crippen LogP contribution in [-0.4, -0.2) is 64.0 Å². The van der Waals surface area contributed by atoms with Gasteiger partial charge in [0.05, 0.1) is 54.5 Å². The Labute approximate surface area is 171 Å². The Morgan fingerprint density at radius 1 is 1.45 bits per heavy atom. The zero-order valence-electron chi connectivity index (χ0n) is 16.4. The second-order valence-electron chi connectivity index (χ2n) is 6.39. The smallest absolute Gasteiger partial charge is 0.337 e. The van der Waals surface area contributed by atoms with Crippen molar-refractivity contribution in [2.24, 2.45) is 0 Å². The molecule has 154 valence electrons. The number of amides is 1. The summed E-state index contributed by atoms with van der Waals surface area (Å²) in [6, 6.07) is 6.41. The van der Waals surface area contributed by atoms with Gasteiger partial charge < -0.3 is 14.7 Å². The highest BCUT2D eigenvalue weighted by Gasteiger charge is 2.17. The summed E-state index contributed by atoms with van der Waals surface area (Å²) < 4.78 is 6.02. The molecule has 0 aliphatic heterocycles. The number of aliphatic hydroxyl groups is 1. The predicted molar refractivity (Wildman–Crippen MR) is 108 cm³/mol. The SMILES string of the molecule is COC(=O)c1ccc2c(=O)n(CC(C)O)c(SCC(=O)N(C)CCC#N)nc2c1. The molecule has 0 saturated carbocycles. The average Bonchev–Trinajstić information content (AvgIpc) is 2.71. The first-order valence-electron chi connectivity index (χ1n) is 8.83. The first-order chi connectivity index (χ1) is 13.8. The Balaban J connectivity index is 2.42. The van der Waals surface area contributed by atoms with Crippen molar-refractivity contribution in [1.29, 1.82) is 5.26 Å². The molecule has 0 bridgehead atoms. The molecule has 2 aromatic rings. The lowest BCUT2D eigenvalue weighted by Gasteiger charge is -2.17. The molecule has 0 aliphatic carbocycles. The quantitative estimate of drug-likeness (QED) is 0.383. The maximum Gasteiger partial charge on any atom is 0.337 e. The van der Waals surface area contributed by atoms with Crippen molar-refractivity contribution >= 4 is 34.5 Å². The van der Waals surface area contributed by atoms with Crippen LogP contribution in [0, 0.1) is 11.3 Å². The highest BCUT2D eigenvalue weighted by Crippen LogP contribution is 2.20. The van der Waals surface area contributed by atoms with Crippen LogP contribution in [0.15, 0.2) is 28.2 Å². The monoisotopic (exact) mass is 418 g/mol. The molecule has 0 saturated heterocycles. The number of nitrogens with zero attached hydrogens (tertiary/aromatic N) is 4. The number of thioether (sulfide) groups is 1. The Hall–Kier alpha value is -2.90. The molecular formula is C19H22N4O5S. The molecule has 1 aromatic heterocycles. The fraction of sp³-hybridized carbons (Fsp3) is 0.421. The van der Waals surface area contributed by atoms with E-state index in [0.717, 1.165) is 11.8 Å². The second kappa shape index (κ2) is 10.0. The Morgan fingerprint density at radius 2 is 2.17 bits per heavy atom. The molecule has 2 rings (SSSR count). The van der Waals surface area contributed by atoms with E-state index >= 15 is 0 Å². The Bertz CT molecular complexity index is 1010. The molecule has 0 radical (unpaired) electrons. The molecular weight excluding hydrogens is 396 g/mol. The van der Waals surface area contributed by atoms with E-state index in [1.165, 1.54) is 34.8 Å². The van der Waals surface area contributed by atoms with Crippen molar-refractivity contribution < 1.29 is 19.4 Å².